The average molecular weight is 414 g/mol. The van der Waals surface area contributed by atoms with Crippen molar-refractivity contribution in [3.63, 3.8) is 0 Å². The SMILES string of the molecule is C=C(/C=C\C(=C)COc1ccc2c(c1F)Oc1c(cc(CCC)c(F)c1F)C2)CC. The Morgan fingerprint density at radius 2 is 1.70 bits per heavy atom. The van der Waals surface area contributed by atoms with Crippen molar-refractivity contribution < 1.29 is 22.6 Å². The summed E-state index contributed by atoms with van der Waals surface area (Å²) >= 11 is 0. The molecule has 0 saturated heterocycles. The van der Waals surface area contributed by atoms with Crippen LogP contribution in [0.4, 0.5) is 13.2 Å². The number of benzene rings is 2. The van der Waals surface area contributed by atoms with Gasteiger partial charge in [0.1, 0.15) is 6.61 Å². The van der Waals surface area contributed by atoms with Crippen LogP contribution in [0.3, 0.4) is 0 Å². The van der Waals surface area contributed by atoms with Crippen LogP contribution in [0.15, 0.2) is 54.7 Å². The van der Waals surface area contributed by atoms with Gasteiger partial charge < -0.3 is 9.47 Å². The molecular formula is C25H25F3O2. The zero-order valence-electron chi connectivity index (χ0n) is 17.3. The first-order valence-corrected chi connectivity index (χ1v) is 10.0. The second kappa shape index (κ2) is 9.24. The molecular weight excluding hydrogens is 389 g/mol. The number of hydrogen-bond donors (Lipinski definition) is 0. The lowest BCUT2D eigenvalue weighted by Gasteiger charge is -2.23. The third-order valence-corrected chi connectivity index (χ3v) is 4.98. The van der Waals surface area contributed by atoms with Crippen LogP contribution in [-0.4, -0.2) is 6.61 Å². The van der Waals surface area contributed by atoms with Crippen LogP contribution in [0.25, 0.3) is 0 Å². The standard InChI is InChI=1S/C25H25F3O2/c1-5-7-17-12-19-13-18-10-11-20(29-14-16(4)9-8-15(3)6-2)22(27)24(18)30-25(19)23(28)21(17)26/h8-12H,3-7,13-14H2,1-2H3/b9-8-. The first-order chi connectivity index (χ1) is 14.3. The van der Waals surface area contributed by atoms with E-state index >= 15 is 0 Å². The van der Waals surface area contributed by atoms with Crippen LogP contribution in [-0.2, 0) is 12.8 Å². The maximum absolute atomic E-state index is 15.0. The molecule has 0 atom stereocenters. The molecule has 2 nitrogen and oxygen atoms in total. The van der Waals surface area contributed by atoms with Crippen molar-refractivity contribution >= 4 is 0 Å². The molecule has 1 heterocycles. The molecule has 0 fully saturated rings. The zero-order valence-corrected chi connectivity index (χ0v) is 17.3. The number of halogens is 3. The van der Waals surface area contributed by atoms with Gasteiger partial charge in [-0.25, -0.2) is 4.39 Å². The Hall–Kier alpha value is -2.95. The van der Waals surface area contributed by atoms with Gasteiger partial charge in [-0.3, -0.25) is 0 Å². The molecule has 2 aromatic carbocycles. The number of rotatable bonds is 8. The zero-order chi connectivity index (χ0) is 21.8. The molecule has 2 aromatic rings. The van der Waals surface area contributed by atoms with Gasteiger partial charge in [0.15, 0.2) is 23.1 Å². The minimum absolute atomic E-state index is 0.0375. The summed E-state index contributed by atoms with van der Waals surface area (Å²) in [7, 11) is 0. The van der Waals surface area contributed by atoms with Gasteiger partial charge in [-0.1, -0.05) is 57.2 Å². The highest BCUT2D eigenvalue weighted by molar-refractivity contribution is 5.54. The Morgan fingerprint density at radius 3 is 2.40 bits per heavy atom. The molecule has 5 heteroatoms. The predicted molar refractivity (Wildman–Crippen MR) is 113 cm³/mol. The maximum atomic E-state index is 15.0. The average Bonchev–Trinajstić information content (AvgIpc) is 2.74. The summed E-state index contributed by atoms with van der Waals surface area (Å²) in [5, 5.41) is 0. The second-order valence-corrected chi connectivity index (χ2v) is 7.34. The largest absolute Gasteiger partial charge is 0.486 e. The van der Waals surface area contributed by atoms with Crippen molar-refractivity contribution in [1.82, 2.24) is 0 Å². The number of allylic oxidation sites excluding steroid dienone is 2. The highest BCUT2D eigenvalue weighted by Crippen LogP contribution is 2.43. The molecule has 3 rings (SSSR count). The van der Waals surface area contributed by atoms with E-state index in [-0.39, 0.29) is 30.3 Å². The first-order valence-electron chi connectivity index (χ1n) is 10.0. The van der Waals surface area contributed by atoms with E-state index in [0.717, 1.165) is 12.0 Å². The van der Waals surface area contributed by atoms with Gasteiger partial charge in [0.2, 0.25) is 11.6 Å². The molecule has 0 spiro atoms. The van der Waals surface area contributed by atoms with E-state index in [1.165, 1.54) is 6.07 Å². The third kappa shape index (κ3) is 4.45. The summed E-state index contributed by atoms with van der Waals surface area (Å²) in [5.41, 5.74) is 2.95. The molecule has 30 heavy (non-hydrogen) atoms. The smallest absolute Gasteiger partial charge is 0.207 e. The Balaban J connectivity index is 1.81. The van der Waals surface area contributed by atoms with Crippen LogP contribution in [0, 0.1) is 17.5 Å². The van der Waals surface area contributed by atoms with E-state index in [9.17, 15) is 13.2 Å². The van der Waals surface area contributed by atoms with E-state index in [1.807, 2.05) is 19.9 Å². The van der Waals surface area contributed by atoms with Crippen molar-refractivity contribution in [2.45, 2.75) is 39.5 Å². The molecule has 0 radical (unpaired) electrons. The van der Waals surface area contributed by atoms with Gasteiger partial charge in [0.25, 0.3) is 0 Å². The van der Waals surface area contributed by atoms with Gasteiger partial charge in [-0.05, 0) is 36.1 Å². The molecule has 0 unspecified atom stereocenters. The highest BCUT2D eigenvalue weighted by Gasteiger charge is 2.28. The minimum atomic E-state index is -1.08. The molecule has 0 amide bonds. The quantitative estimate of drug-likeness (QED) is 0.363. The molecule has 1 aliphatic heterocycles. The minimum Gasteiger partial charge on any atom is -0.486 e. The van der Waals surface area contributed by atoms with Gasteiger partial charge in [0, 0.05) is 17.5 Å². The first kappa shape index (κ1) is 21.8. The van der Waals surface area contributed by atoms with E-state index < -0.39 is 17.5 Å². The van der Waals surface area contributed by atoms with E-state index in [1.54, 1.807) is 18.2 Å². The van der Waals surface area contributed by atoms with Crippen molar-refractivity contribution in [3.8, 4) is 17.2 Å². The van der Waals surface area contributed by atoms with Crippen molar-refractivity contribution in [2.24, 2.45) is 0 Å². The number of fused-ring (bicyclic) bond motifs is 2. The van der Waals surface area contributed by atoms with Crippen LogP contribution < -0.4 is 9.47 Å². The normalized spacial score (nSPS) is 12.3. The van der Waals surface area contributed by atoms with Crippen LogP contribution in [0.2, 0.25) is 0 Å². The number of aryl methyl sites for hydroxylation is 1. The molecule has 0 aliphatic carbocycles. The van der Waals surface area contributed by atoms with Gasteiger partial charge in [-0.15, -0.1) is 0 Å². The van der Waals surface area contributed by atoms with Crippen molar-refractivity contribution in [2.75, 3.05) is 6.61 Å². The number of hydrogen-bond acceptors (Lipinski definition) is 2. The summed E-state index contributed by atoms with van der Waals surface area (Å²) in [6, 6.07) is 4.79. The van der Waals surface area contributed by atoms with Crippen LogP contribution >= 0.6 is 0 Å². The van der Waals surface area contributed by atoms with Gasteiger partial charge in [0.05, 0.1) is 0 Å². The summed E-state index contributed by atoms with van der Waals surface area (Å²) in [5.74, 6) is -3.20. The fraction of sp³-hybridized carbons (Fsp3) is 0.280. The molecule has 0 bridgehead atoms. The third-order valence-electron chi connectivity index (χ3n) is 4.98. The predicted octanol–water partition coefficient (Wildman–Crippen LogP) is 7.21. The monoisotopic (exact) mass is 414 g/mol. The highest BCUT2D eigenvalue weighted by atomic mass is 19.2. The summed E-state index contributed by atoms with van der Waals surface area (Å²) in [6.07, 6.45) is 5.78. The fourth-order valence-electron chi connectivity index (χ4n) is 3.23. The van der Waals surface area contributed by atoms with E-state index in [2.05, 4.69) is 13.2 Å². The topological polar surface area (TPSA) is 18.5 Å². The summed E-state index contributed by atoms with van der Waals surface area (Å²) < 4.78 is 54.8. The molecule has 0 aromatic heterocycles. The molecule has 0 saturated carbocycles. The Labute approximate surface area is 175 Å². The summed E-state index contributed by atoms with van der Waals surface area (Å²) in [6.45, 7) is 11.7. The lowest BCUT2D eigenvalue weighted by Crippen LogP contribution is -2.11. The van der Waals surface area contributed by atoms with E-state index in [0.29, 0.717) is 35.1 Å². The molecule has 158 valence electrons. The van der Waals surface area contributed by atoms with Crippen molar-refractivity contribution in [1.29, 1.82) is 0 Å². The van der Waals surface area contributed by atoms with Crippen LogP contribution in [0.5, 0.6) is 17.2 Å². The lowest BCUT2D eigenvalue weighted by atomic mass is 9.96. The second-order valence-electron chi connectivity index (χ2n) is 7.34. The number of ether oxygens (including phenoxy) is 2. The van der Waals surface area contributed by atoms with Gasteiger partial charge in [-0.2, -0.15) is 8.78 Å². The Kier molecular flexibility index (Phi) is 6.70. The Bertz CT molecular complexity index is 1020. The maximum Gasteiger partial charge on any atom is 0.207 e. The van der Waals surface area contributed by atoms with E-state index in [4.69, 9.17) is 9.47 Å². The van der Waals surface area contributed by atoms with Crippen molar-refractivity contribution in [3.05, 3.63) is 88.8 Å². The lowest BCUT2D eigenvalue weighted by molar-refractivity contribution is 0.320. The van der Waals surface area contributed by atoms with Gasteiger partial charge >= 0.3 is 0 Å². The molecule has 1 aliphatic rings. The van der Waals surface area contributed by atoms with Crippen LogP contribution in [0.1, 0.15) is 43.4 Å². The fourth-order valence-corrected chi connectivity index (χ4v) is 3.23. The molecule has 0 N–H and O–H groups in total. The Morgan fingerprint density at radius 1 is 1.00 bits per heavy atom. The summed E-state index contributed by atoms with van der Waals surface area (Å²) in [4.78, 5) is 0.